The van der Waals surface area contributed by atoms with Crippen LogP contribution in [-0.2, 0) is 4.74 Å². The summed E-state index contributed by atoms with van der Waals surface area (Å²) in [5, 5.41) is 9.28. The van der Waals surface area contributed by atoms with E-state index in [4.69, 9.17) is 28.0 Å². The summed E-state index contributed by atoms with van der Waals surface area (Å²) in [7, 11) is 0. The Hall–Kier alpha value is -3.48. The first-order valence-electron chi connectivity index (χ1n) is 18.8. The largest absolute Gasteiger partial charge is 0.444 e. The zero-order valence-electron chi connectivity index (χ0n) is 32.5. The van der Waals surface area contributed by atoms with Crippen LogP contribution in [-0.4, -0.2) is 56.1 Å². The molecular formula is C38H62N6O6S. The Morgan fingerprint density at radius 3 is 2.06 bits per heavy atom. The first-order valence-corrected chi connectivity index (χ1v) is 19.8. The molecule has 3 aromatic rings. The molecule has 0 unspecified atom stereocenters. The van der Waals surface area contributed by atoms with Gasteiger partial charge in [-0.25, -0.2) is 19.7 Å². The van der Waals surface area contributed by atoms with Crippen molar-refractivity contribution < 1.29 is 27.6 Å². The van der Waals surface area contributed by atoms with Crippen LogP contribution >= 0.6 is 11.8 Å². The highest BCUT2D eigenvalue weighted by atomic mass is 32.2. The van der Waals surface area contributed by atoms with E-state index < -0.39 is 17.7 Å². The van der Waals surface area contributed by atoms with Gasteiger partial charge >= 0.3 is 6.09 Å². The summed E-state index contributed by atoms with van der Waals surface area (Å²) < 4.78 is 23.7. The topological polar surface area (TPSA) is 158 Å². The summed E-state index contributed by atoms with van der Waals surface area (Å²) in [5.74, 6) is 1.72. The zero-order valence-corrected chi connectivity index (χ0v) is 33.3. The molecule has 3 rings (SSSR count). The molecule has 12 nitrogen and oxygen atoms in total. The van der Waals surface area contributed by atoms with Crippen LogP contribution in [0.3, 0.4) is 0 Å². The van der Waals surface area contributed by atoms with Crippen LogP contribution in [0.25, 0.3) is 23.2 Å². The van der Waals surface area contributed by atoms with Crippen molar-refractivity contribution in [3.8, 4) is 23.2 Å². The second-order valence-electron chi connectivity index (χ2n) is 15.0. The van der Waals surface area contributed by atoms with Crippen molar-refractivity contribution in [3.63, 3.8) is 0 Å². The van der Waals surface area contributed by atoms with Gasteiger partial charge in [-0.2, -0.15) is 11.8 Å². The summed E-state index contributed by atoms with van der Waals surface area (Å²) in [5.41, 5.74) is 0.235. The average Bonchev–Trinajstić information content (AvgIpc) is 3.79. The van der Waals surface area contributed by atoms with Gasteiger partial charge in [-0.05, 0) is 40.5 Å². The minimum absolute atomic E-state index is 0.0727. The van der Waals surface area contributed by atoms with Crippen molar-refractivity contribution in [2.45, 2.75) is 156 Å². The van der Waals surface area contributed by atoms with Gasteiger partial charge in [-0.15, -0.1) is 0 Å². The number of oxazole rings is 3. The molecule has 1 atom stereocenters. The number of alkyl carbamates (subject to hydrolysis) is 1. The van der Waals surface area contributed by atoms with Crippen molar-refractivity contribution in [1.82, 2.24) is 25.6 Å². The zero-order chi connectivity index (χ0) is 37.4. The first kappa shape index (κ1) is 41.9. The number of nitrogens with zero attached hydrogens (tertiary/aromatic N) is 3. The highest BCUT2D eigenvalue weighted by molar-refractivity contribution is 8.00. The van der Waals surface area contributed by atoms with Gasteiger partial charge in [0.25, 0.3) is 11.8 Å². The number of hydrogen-bond donors (Lipinski definition) is 3. The fourth-order valence-electron chi connectivity index (χ4n) is 5.20. The number of unbranched alkanes of at least 4 members (excludes halogenated alkanes) is 10. The Bertz CT molecular complexity index is 1480. The van der Waals surface area contributed by atoms with Crippen LogP contribution < -0.4 is 16.0 Å². The predicted octanol–water partition coefficient (Wildman–Crippen LogP) is 10.3. The summed E-state index contributed by atoms with van der Waals surface area (Å²) in [6.07, 6.45) is 14.5. The lowest BCUT2D eigenvalue weighted by molar-refractivity contribution is 0.0502. The van der Waals surface area contributed by atoms with E-state index >= 15 is 0 Å². The minimum Gasteiger partial charge on any atom is -0.444 e. The Balaban J connectivity index is 1.84. The average molecular weight is 731 g/mol. The maximum absolute atomic E-state index is 12.9. The van der Waals surface area contributed by atoms with Crippen LogP contribution in [0.5, 0.6) is 0 Å². The number of thioether (sulfide) groups is 1. The fourth-order valence-corrected chi connectivity index (χ4v) is 6.09. The predicted molar refractivity (Wildman–Crippen MR) is 204 cm³/mol. The quantitative estimate of drug-likeness (QED) is 0.0845. The van der Waals surface area contributed by atoms with Gasteiger partial charge in [0.2, 0.25) is 17.7 Å². The Morgan fingerprint density at radius 1 is 0.804 bits per heavy atom. The summed E-state index contributed by atoms with van der Waals surface area (Å²) in [4.78, 5) is 39.6. The number of nitrogens with one attached hydrogen (secondary N) is 3. The van der Waals surface area contributed by atoms with E-state index in [1.807, 2.05) is 20.8 Å². The molecule has 0 saturated carbocycles. The van der Waals surface area contributed by atoms with E-state index in [0.29, 0.717) is 47.8 Å². The number of carbonyl (C=O) groups excluding carboxylic acids is 2. The molecule has 0 aliphatic heterocycles. The van der Waals surface area contributed by atoms with Crippen molar-refractivity contribution in [3.05, 3.63) is 23.6 Å². The van der Waals surface area contributed by atoms with Gasteiger partial charge in [0, 0.05) is 23.6 Å². The molecule has 0 bridgehead atoms. The molecule has 0 spiro atoms. The SMILES string of the molecule is CCCCCCCCNC(=O)c1coc(-c2nc(-c3nc([C@H](CSC(C)(C)C)NC(=O)OC(C)(C)C)oc3NCCCCCCCC)oc2C)n1. The smallest absolute Gasteiger partial charge is 0.408 e. The molecule has 0 aliphatic carbocycles. The summed E-state index contributed by atoms with van der Waals surface area (Å²) >= 11 is 1.67. The van der Waals surface area contributed by atoms with Crippen LogP contribution in [0.15, 0.2) is 19.5 Å². The number of aryl methyl sites for hydroxylation is 1. The monoisotopic (exact) mass is 730 g/mol. The molecule has 286 valence electrons. The minimum atomic E-state index is -0.669. The van der Waals surface area contributed by atoms with Crippen molar-refractivity contribution in [2.75, 3.05) is 24.2 Å². The Labute approximate surface area is 308 Å². The lowest BCUT2D eigenvalue weighted by atomic mass is 10.1. The molecular weight excluding hydrogens is 669 g/mol. The van der Waals surface area contributed by atoms with Gasteiger partial charge in [-0.1, -0.05) is 98.8 Å². The maximum Gasteiger partial charge on any atom is 0.408 e. The molecule has 0 fully saturated rings. The number of aromatic nitrogens is 3. The van der Waals surface area contributed by atoms with Crippen molar-refractivity contribution in [2.24, 2.45) is 0 Å². The number of anilines is 1. The first-order chi connectivity index (χ1) is 24.2. The third kappa shape index (κ3) is 15.0. The lowest BCUT2D eigenvalue weighted by Crippen LogP contribution is -2.36. The van der Waals surface area contributed by atoms with Crippen LogP contribution in [0.2, 0.25) is 0 Å². The van der Waals surface area contributed by atoms with Gasteiger partial charge in [0.15, 0.2) is 17.1 Å². The highest BCUT2D eigenvalue weighted by Crippen LogP contribution is 2.36. The van der Waals surface area contributed by atoms with E-state index in [9.17, 15) is 9.59 Å². The van der Waals surface area contributed by atoms with Crippen molar-refractivity contribution >= 4 is 29.6 Å². The Morgan fingerprint density at radius 2 is 1.43 bits per heavy atom. The van der Waals surface area contributed by atoms with E-state index in [1.165, 1.54) is 57.6 Å². The van der Waals surface area contributed by atoms with E-state index in [2.05, 4.69) is 55.6 Å². The van der Waals surface area contributed by atoms with E-state index in [1.54, 1.807) is 18.7 Å². The highest BCUT2D eigenvalue weighted by Gasteiger charge is 2.30. The number of carbonyl (C=O) groups is 2. The molecule has 0 aliphatic rings. The molecule has 3 aromatic heterocycles. The molecule has 3 N–H and O–H groups in total. The number of ether oxygens (including phenoxy) is 1. The summed E-state index contributed by atoms with van der Waals surface area (Å²) in [6.45, 7) is 19.2. The second-order valence-corrected chi connectivity index (χ2v) is 16.9. The lowest BCUT2D eigenvalue weighted by Gasteiger charge is -2.24. The molecule has 13 heteroatoms. The third-order valence-electron chi connectivity index (χ3n) is 7.89. The van der Waals surface area contributed by atoms with E-state index in [-0.39, 0.29) is 28.1 Å². The van der Waals surface area contributed by atoms with Crippen LogP contribution in [0, 0.1) is 6.92 Å². The molecule has 3 heterocycles. The van der Waals surface area contributed by atoms with Crippen molar-refractivity contribution in [1.29, 1.82) is 0 Å². The second kappa shape index (κ2) is 20.5. The number of rotatable bonds is 22. The summed E-state index contributed by atoms with van der Waals surface area (Å²) in [6, 6.07) is -0.591. The molecule has 0 radical (unpaired) electrons. The van der Waals surface area contributed by atoms with Gasteiger partial charge < -0.3 is 33.9 Å². The molecule has 0 aromatic carbocycles. The van der Waals surface area contributed by atoms with Gasteiger partial charge in [0.05, 0.1) is 0 Å². The normalized spacial score (nSPS) is 12.6. The number of amides is 2. The van der Waals surface area contributed by atoms with Gasteiger partial charge in [0.1, 0.15) is 23.7 Å². The molecule has 2 amide bonds. The molecule has 0 saturated heterocycles. The molecule has 51 heavy (non-hydrogen) atoms. The maximum atomic E-state index is 12.9. The Kier molecular flexibility index (Phi) is 16.9. The fraction of sp³-hybridized carbons (Fsp3) is 0.711. The van der Waals surface area contributed by atoms with E-state index in [0.717, 1.165) is 25.7 Å². The standard InChI is InChI=1S/C38H62N6O6S/c1-10-12-14-16-18-20-22-39-31(45)27-24-47-34(41-27)29-26(3)48-35(43-29)30-33(40-23-21-19-17-15-13-11-2)49-32(44-30)28(25-51-38(7,8)9)42-36(46)50-37(4,5)6/h24,28,40H,10-23,25H2,1-9H3,(H,39,45)(H,42,46)/t28-/m0/s1. The van der Waals surface area contributed by atoms with Gasteiger partial charge in [-0.3, -0.25) is 4.79 Å². The third-order valence-corrected chi connectivity index (χ3v) is 9.25. The number of hydrogen-bond acceptors (Lipinski definition) is 11. The van der Waals surface area contributed by atoms with Crippen LogP contribution in [0.4, 0.5) is 10.7 Å². The van der Waals surface area contributed by atoms with Crippen LogP contribution in [0.1, 0.15) is 161 Å².